The number of hydrogen-bond acceptors (Lipinski definition) is 3. The number of nitrogens with zero attached hydrogens (tertiary/aromatic N) is 1. The van der Waals surface area contributed by atoms with Crippen molar-refractivity contribution in [2.24, 2.45) is 11.8 Å². The molecule has 2 aliphatic rings. The summed E-state index contributed by atoms with van der Waals surface area (Å²) in [5.41, 5.74) is 1.28. The van der Waals surface area contributed by atoms with E-state index < -0.39 is 0 Å². The Hall–Kier alpha value is -1.55. The molecule has 0 spiro atoms. The van der Waals surface area contributed by atoms with Crippen molar-refractivity contribution in [1.82, 2.24) is 4.90 Å². The summed E-state index contributed by atoms with van der Waals surface area (Å²) in [6.45, 7) is 4.18. The molecule has 2 atom stereocenters. The molecule has 1 aromatic carbocycles. The van der Waals surface area contributed by atoms with Gasteiger partial charge >= 0.3 is 0 Å². The molecule has 0 bridgehead atoms. The maximum Gasteiger partial charge on any atom is 0.219 e. The zero-order valence-electron chi connectivity index (χ0n) is 14.2. The number of hydrogen-bond donors (Lipinski definition) is 0. The van der Waals surface area contributed by atoms with Gasteiger partial charge < -0.3 is 14.4 Å². The molecule has 0 aromatic heterocycles. The number of methoxy groups -OCH3 is 1. The molecule has 0 radical (unpaired) electrons. The van der Waals surface area contributed by atoms with Crippen LogP contribution in [0, 0.1) is 11.8 Å². The highest BCUT2D eigenvalue weighted by Crippen LogP contribution is 2.32. The monoisotopic (exact) mass is 317 g/mol. The number of likely N-dealkylation sites (tertiary alicyclic amines) is 1. The van der Waals surface area contributed by atoms with Crippen LogP contribution in [0.25, 0.3) is 0 Å². The van der Waals surface area contributed by atoms with Crippen molar-refractivity contribution in [1.29, 1.82) is 0 Å². The first-order chi connectivity index (χ1) is 11.2. The zero-order valence-corrected chi connectivity index (χ0v) is 14.2. The van der Waals surface area contributed by atoms with Gasteiger partial charge in [0, 0.05) is 32.5 Å². The summed E-state index contributed by atoms with van der Waals surface area (Å²) in [5, 5.41) is 0. The Balaban J connectivity index is 1.64. The predicted octanol–water partition coefficient (Wildman–Crippen LogP) is 2.90. The van der Waals surface area contributed by atoms with Gasteiger partial charge in [-0.2, -0.15) is 0 Å². The molecule has 1 aliphatic heterocycles. The minimum absolute atomic E-state index is 0.172. The van der Waals surface area contributed by atoms with E-state index in [1.807, 2.05) is 17.0 Å². The van der Waals surface area contributed by atoms with E-state index in [1.54, 1.807) is 14.0 Å². The number of carbonyl (C=O) groups is 1. The fourth-order valence-electron chi connectivity index (χ4n) is 3.32. The predicted molar refractivity (Wildman–Crippen MR) is 89.5 cm³/mol. The van der Waals surface area contributed by atoms with Gasteiger partial charge in [0.1, 0.15) is 5.75 Å². The zero-order chi connectivity index (χ0) is 16.2. The van der Waals surface area contributed by atoms with Crippen molar-refractivity contribution < 1.29 is 14.3 Å². The van der Waals surface area contributed by atoms with E-state index in [-0.39, 0.29) is 12.0 Å². The van der Waals surface area contributed by atoms with Crippen LogP contribution in [0.5, 0.6) is 5.75 Å². The molecule has 0 unspecified atom stereocenters. The van der Waals surface area contributed by atoms with Gasteiger partial charge in [0.2, 0.25) is 5.91 Å². The first-order valence-corrected chi connectivity index (χ1v) is 8.65. The van der Waals surface area contributed by atoms with Crippen LogP contribution in [0.3, 0.4) is 0 Å². The lowest BCUT2D eigenvalue weighted by Gasteiger charge is -2.38. The molecular weight excluding hydrogens is 290 g/mol. The quantitative estimate of drug-likeness (QED) is 0.810. The molecular formula is C19H27NO3. The van der Waals surface area contributed by atoms with Crippen LogP contribution in [0.15, 0.2) is 24.3 Å². The number of carbonyl (C=O) groups excluding carboxylic acids is 1. The van der Waals surface area contributed by atoms with Crippen molar-refractivity contribution in [2.45, 2.75) is 38.7 Å². The Bertz CT molecular complexity index is 524. The van der Waals surface area contributed by atoms with Gasteiger partial charge in [0.25, 0.3) is 0 Å². The van der Waals surface area contributed by atoms with E-state index in [4.69, 9.17) is 9.47 Å². The maximum absolute atomic E-state index is 11.7. The first-order valence-electron chi connectivity index (χ1n) is 8.65. The number of amides is 1. The molecule has 2 fully saturated rings. The lowest BCUT2D eigenvalue weighted by molar-refractivity contribution is -0.134. The number of piperidine rings is 1. The minimum atomic E-state index is 0.172. The minimum Gasteiger partial charge on any atom is -0.497 e. The molecule has 23 heavy (non-hydrogen) atoms. The third-order valence-electron chi connectivity index (χ3n) is 5.01. The van der Waals surface area contributed by atoms with Crippen LogP contribution in [-0.2, 0) is 16.0 Å². The van der Waals surface area contributed by atoms with E-state index in [1.165, 1.54) is 18.4 Å². The highest BCUT2D eigenvalue weighted by Gasteiger charge is 2.32. The topological polar surface area (TPSA) is 38.8 Å². The molecule has 126 valence electrons. The van der Waals surface area contributed by atoms with Gasteiger partial charge in [-0.05, 0) is 49.3 Å². The largest absolute Gasteiger partial charge is 0.497 e. The molecule has 1 saturated heterocycles. The van der Waals surface area contributed by atoms with Crippen LogP contribution in [0.1, 0.15) is 31.7 Å². The van der Waals surface area contributed by atoms with E-state index >= 15 is 0 Å². The third-order valence-corrected chi connectivity index (χ3v) is 5.01. The SMILES string of the molecule is COc1ccc(C[C@@H]2CN(C(C)=O)CC[C@H]2OCC2CC2)cc1. The molecule has 4 heteroatoms. The smallest absolute Gasteiger partial charge is 0.219 e. The Kier molecular flexibility index (Phi) is 5.21. The number of ether oxygens (including phenoxy) is 2. The van der Waals surface area contributed by atoms with Crippen LogP contribution >= 0.6 is 0 Å². The Morgan fingerprint density at radius 1 is 1.22 bits per heavy atom. The van der Waals surface area contributed by atoms with Gasteiger partial charge in [-0.3, -0.25) is 4.79 Å². The van der Waals surface area contributed by atoms with Gasteiger partial charge in [-0.15, -0.1) is 0 Å². The molecule has 1 amide bonds. The molecule has 0 N–H and O–H groups in total. The van der Waals surface area contributed by atoms with Crippen LogP contribution in [0.2, 0.25) is 0 Å². The average Bonchev–Trinajstić information content (AvgIpc) is 3.38. The maximum atomic E-state index is 11.7. The van der Waals surface area contributed by atoms with Crippen molar-refractivity contribution in [3.05, 3.63) is 29.8 Å². The average molecular weight is 317 g/mol. The van der Waals surface area contributed by atoms with E-state index in [9.17, 15) is 4.79 Å². The van der Waals surface area contributed by atoms with Crippen LogP contribution in [0.4, 0.5) is 0 Å². The van der Waals surface area contributed by atoms with Crippen LogP contribution in [-0.4, -0.2) is 43.7 Å². The molecule has 1 saturated carbocycles. The standard InChI is InChI=1S/C19H27NO3/c1-14(21)20-10-9-19(23-13-16-3-4-16)17(12-20)11-15-5-7-18(22-2)8-6-15/h5-8,16-17,19H,3-4,9-13H2,1-2H3/t17-,19-/m1/s1. The third kappa shape index (κ3) is 4.47. The highest BCUT2D eigenvalue weighted by atomic mass is 16.5. The lowest BCUT2D eigenvalue weighted by Crippen LogP contribution is -2.47. The highest BCUT2D eigenvalue weighted by molar-refractivity contribution is 5.73. The summed E-state index contributed by atoms with van der Waals surface area (Å²) in [4.78, 5) is 13.7. The Morgan fingerprint density at radius 3 is 2.57 bits per heavy atom. The second-order valence-electron chi connectivity index (χ2n) is 6.88. The van der Waals surface area contributed by atoms with E-state index in [2.05, 4.69) is 12.1 Å². The first kappa shape index (κ1) is 16.3. The van der Waals surface area contributed by atoms with E-state index in [0.29, 0.717) is 5.92 Å². The summed E-state index contributed by atoms with van der Waals surface area (Å²) in [5.74, 6) is 2.21. The summed E-state index contributed by atoms with van der Waals surface area (Å²) in [6, 6.07) is 8.23. The summed E-state index contributed by atoms with van der Waals surface area (Å²) in [7, 11) is 1.68. The van der Waals surface area contributed by atoms with Crippen molar-refractivity contribution in [3.8, 4) is 5.75 Å². The molecule has 1 aromatic rings. The van der Waals surface area contributed by atoms with Crippen molar-refractivity contribution in [2.75, 3.05) is 26.8 Å². The summed E-state index contributed by atoms with van der Waals surface area (Å²) in [6.07, 6.45) is 4.80. The van der Waals surface area contributed by atoms with Gasteiger partial charge in [-0.25, -0.2) is 0 Å². The number of benzene rings is 1. The molecule has 1 aliphatic carbocycles. The second kappa shape index (κ2) is 7.35. The number of rotatable bonds is 6. The van der Waals surface area contributed by atoms with E-state index in [0.717, 1.165) is 44.2 Å². The molecule has 3 rings (SSSR count). The Labute approximate surface area is 138 Å². The van der Waals surface area contributed by atoms with Gasteiger partial charge in [0.05, 0.1) is 13.2 Å². The normalized spacial score (nSPS) is 24.5. The van der Waals surface area contributed by atoms with Gasteiger partial charge in [-0.1, -0.05) is 12.1 Å². The lowest BCUT2D eigenvalue weighted by atomic mass is 9.88. The summed E-state index contributed by atoms with van der Waals surface area (Å²) < 4.78 is 11.4. The van der Waals surface area contributed by atoms with Crippen LogP contribution < -0.4 is 4.74 Å². The van der Waals surface area contributed by atoms with Crippen molar-refractivity contribution in [3.63, 3.8) is 0 Å². The fourth-order valence-corrected chi connectivity index (χ4v) is 3.32. The fraction of sp³-hybridized carbons (Fsp3) is 0.632. The van der Waals surface area contributed by atoms with Gasteiger partial charge in [0.15, 0.2) is 0 Å². The second-order valence-corrected chi connectivity index (χ2v) is 6.88. The van der Waals surface area contributed by atoms with Crippen molar-refractivity contribution >= 4 is 5.91 Å². The summed E-state index contributed by atoms with van der Waals surface area (Å²) >= 11 is 0. The Morgan fingerprint density at radius 2 is 1.96 bits per heavy atom. The molecule has 4 nitrogen and oxygen atoms in total. The molecule has 1 heterocycles.